The maximum atomic E-state index is 13.2. The lowest BCUT2D eigenvalue weighted by Gasteiger charge is -2.38. The fraction of sp³-hybridized carbons (Fsp3) is 0.326. The van der Waals surface area contributed by atoms with Crippen LogP contribution in [0.15, 0.2) is 128 Å². The monoisotopic (exact) mass is 817 g/mol. The highest BCUT2D eigenvalue weighted by molar-refractivity contribution is 7.44. The highest BCUT2D eigenvalue weighted by Gasteiger charge is 2.45. The van der Waals surface area contributed by atoms with Crippen molar-refractivity contribution in [1.29, 1.82) is 0 Å². The van der Waals surface area contributed by atoms with Crippen LogP contribution in [0.3, 0.4) is 0 Å². The molecule has 12 nitrogen and oxygen atoms in total. The molecule has 0 saturated carbocycles. The first-order chi connectivity index (χ1) is 28.7. The van der Waals surface area contributed by atoms with Gasteiger partial charge in [-0.1, -0.05) is 72.8 Å². The number of nitrogens with zero attached hydrogens (tertiary/aromatic N) is 4. The van der Waals surface area contributed by atoms with Gasteiger partial charge in [-0.05, 0) is 86.8 Å². The van der Waals surface area contributed by atoms with Crippen molar-refractivity contribution >= 4 is 31.3 Å². The van der Waals surface area contributed by atoms with Crippen LogP contribution in [-0.2, 0) is 24.1 Å². The number of benzene rings is 4. The number of hydrogen-bond donors (Lipinski definition) is 1. The second-order valence-corrected chi connectivity index (χ2v) is 16.3. The van der Waals surface area contributed by atoms with E-state index in [1.165, 1.54) is 6.33 Å². The van der Waals surface area contributed by atoms with Gasteiger partial charge in [-0.2, -0.15) is 0 Å². The zero-order chi connectivity index (χ0) is 41.5. The Morgan fingerprint density at radius 2 is 1.39 bits per heavy atom. The van der Waals surface area contributed by atoms with E-state index in [0.717, 1.165) is 28.2 Å². The zero-order valence-corrected chi connectivity index (χ0v) is 35.4. The van der Waals surface area contributed by atoms with E-state index in [4.69, 9.17) is 28.0 Å². The molecule has 6 aromatic rings. The summed E-state index contributed by atoms with van der Waals surface area (Å²) in [5.74, 6) is 1.62. The van der Waals surface area contributed by atoms with E-state index in [1.807, 2.05) is 102 Å². The normalized spacial score (nSPS) is 17.5. The molecule has 1 aliphatic rings. The third-order valence-electron chi connectivity index (χ3n) is 10.5. The summed E-state index contributed by atoms with van der Waals surface area (Å²) in [5.41, 5.74) is 2.82. The molecule has 308 valence electrons. The first kappa shape index (κ1) is 41.9. The minimum Gasteiger partial charge on any atom is -0.497 e. The summed E-state index contributed by atoms with van der Waals surface area (Å²) in [6.07, 6.45) is 2.36. The number of anilines is 1. The van der Waals surface area contributed by atoms with Crippen molar-refractivity contribution in [3.63, 3.8) is 0 Å². The van der Waals surface area contributed by atoms with Gasteiger partial charge in [0.2, 0.25) is 0 Å². The Labute approximate surface area is 347 Å². The molecular weight excluding hydrogens is 766 g/mol. The number of ether oxygens (including phenoxy) is 4. The molecule has 0 spiro atoms. The number of hydrogen-bond acceptors (Lipinski definition) is 10. The Balaban J connectivity index is 1.27. The maximum Gasteiger partial charge on any atom is 0.259 e. The fourth-order valence-corrected chi connectivity index (χ4v) is 9.36. The molecule has 1 amide bonds. The summed E-state index contributed by atoms with van der Waals surface area (Å²) in [5, 5.41) is 3.65. The van der Waals surface area contributed by atoms with Crippen LogP contribution < -0.4 is 14.8 Å². The smallest absolute Gasteiger partial charge is 0.259 e. The Bertz CT molecular complexity index is 2220. The molecule has 7 rings (SSSR count). The van der Waals surface area contributed by atoms with Crippen LogP contribution in [0, 0.1) is 0 Å². The van der Waals surface area contributed by atoms with Gasteiger partial charge in [0.05, 0.1) is 32.3 Å². The van der Waals surface area contributed by atoms with Gasteiger partial charge in [0.1, 0.15) is 47.2 Å². The van der Waals surface area contributed by atoms with E-state index in [0.29, 0.717) is 28.8 Å². The summed E-state index contributed by atoms with van der Waals surface area (Å²) >= 11 is 0. The highest BCUT2D eigenvalue weighted by Crippen LogP contribution is 2.50. The number of amides is 1. The lowest BCUT2D eigenvalue weighted by atomic mass is 9.80. The van der Waals surface area contributed by atoms with Crippen molar-refractivity contribution in [3.05, 3.63) is 150 Å². The number of fused-ring (bicyclic) bond motifs is 1. The second-order valence-electron chi connectivity index (χ2n) is 14.8. The van der Waals surface area contributed by atoms with Gasteiger partial charge in [0.15, 0.2) is 0 Å². The van der Waals surface area contributed by atoms with Gasteiger partial charge in [-0.25, -0.2) is 14.6 Å². The molecule has 59 heavy (non-hydrogen) atoms. The van der Waals surface area contributed by atoms with Crippen molar-refractivity contribution in [2.24, 2.45) is 0 Å². The van der Waals surface area contributed by atoms with E-state index >= 15 is 0 Å². The molecule has 4 atom stereocenters. The van der Waals surface area contributed by atoms with Crippen LogP contribution in [-0.4, -0.2) is 77.3 Å². The summed E-state index contributed by atoms with van der Waals surface area (Å²) < 4.78 is 42.8. The van der Waals surface area contributed by atoms with Gasteiger partial charge in [-0.15, -0.1) is 0 Å². The molecule has 3 heterocycles. The topological polar surface area (TPSA) is 118 Å². The predicted molar refractivity (Wildman–Crippen MR) is 230 cm³/mol. The predicted octanol–water partition coefficient (Wildman–Crippen LogP) is 9.37. The summed E-state index contributed by atoms with van der Waals surface area (Å²) in [6.45, 7) is 8.72. The van der Waals surface area contributed by atoms with Crippen molar-refractivity contribution in [2.45, 2.75) is 70.2 Å². The number of rotatable bonds is 17. The van der Waals surface area contributed by atoms with Gasteiger partial charge in [-0.3, -0.25) is 4.79 Å². The Hall–Kier alpha value is -5.20. The molecule has 1 aliphatic heterocycles. The van der Waals surface area contributed by atoms with E-state index in [1.54, 1.807) is 33.5 Å². The molecule has 4 aromatic carbocycles. The lowest BCUT2D eigenvalue weighted by molar-refractivity contribution is -0.0909. The molecule has 1 saturated heterocycles. The van der Waals surface area contributed by atoms with Gasteiger partial charge >= 0.3 is 0 Å². The molecule has 1 fully saturated rings. The molecule has 0 aliphatic carbocycles. The Morgan fingerprint density at radius 1 is 0.814 bits per heavy atom. The van der Waals surface area contributed by atoms with Gasteiger partial charge in [0, 0.05) is 37.4 Å². The van der Waals surface area contributed by atoms with E-state index in [-0.39, 0.29) is 24.6 Å². The number of carbonyl (C=O) groups is 1. The average molecular weight is 818 g/mol. The van der Waals surface area contributed by atoms with Gasteiger partial charge in [0.25, 0.3) is 14.4 Å². The molecule has 13 heteroatoms. The van der Waals surface area contributed by atoms with Crippen molar-refractivity contribution in [1.82, 2.24) is 19.2 Å². The molecular formula is C46H52N5O7P. The molecule has 1 unspecified atom stereocenters. The number of nitrogens with one attached hydrogen (secondary N) is 1. The third-order valence-corrected chi connectivity index (χ3v) is 12.6. The van der Waals surface area contributed by atoms with Crippen LogP contribution in [0.25, 0.3) is 11.0 Å². The molecule has 0 bridgehead atoms. The summed E-state index contributed by atoms with van der Waals surface area (Å²) in [7, 11) is 3.52. The van der Waals surface area contributed by atoms with Crippen LogP contribution in [0.2, 0.25) is 0 Å². The van der Waals surface area contributed by atoms with E-state index in [2.05, 4.69) is 59.8 Å². The first-order valence-electron chi connectivity index (χ1n) is 19.8. The van der Waals surface area contributed by atoms with Crippen LogP contribution in [0.1, 0.15) is 67.4 Å². The third kappa shape index (κ3) is 8.89. The first-order valence-corrected chi connectivity index (χ1v) is 20.9. The Kier molecular flexibility index (Phi) is 13.4. The van der Waals surface area contributed by atoms with Crippen LogP contribution >= 0.6 is 8.53 Å². The number of methoxy groups -OCH3 is 2. The molecule has 0 radical (unpaired) electrons. The van der Waals surface area contributed by atoms with Crippen molar-refractivity contribution in [2.75, 3.05) is 33.3 Å². The Morgan fingerprint density at radius 3 is 1.95 bits per heavy atom. The fourth-order valence-electron chi connectivity index (χ4n) is 7.77. The standard InChI is InChI=1S/C46H52N5O7P/c1-31(2)51(32(3)4)59(55-7)58-40-28-42(50-27-26-39-43(47-30-48-44(39)50)49-45(52)33-14-10-8-11-15-33)57-41(40)29-56-46(34-16-12-9-13-17-34,35-18-22-37(53-5)23-19-35)36-20-24-38(54-6)25-21-36/h8-27,30-32,40-42H,28-29H2,1-7H3,(H,47,48,49,52)/t40-,41+,42+,59?/m0/s1. The summed E-state index contributed by atoms with van der Waals surface area (Å²) in [6, 6.07) is 37.4. The molecule has 1 N–H and O–H groups in total. The van der Waals surface area contributed by atoms with Gasteiger partial charge < -0.3 is 37.9 Å². The van der Waals surface area contributed by atoms with Crippen LogP contribution in [0.5, 0.6) is 11.5 Å². The lowest BCUT2D eigenvalue weighted by Crippen LogP contribution is -2.39. The number of carbonyl (C=O) groups excluding carboxylic acids is 1. The van der Waals surface area contributed by atoms with Crippen LogP contribution in [0.4, 0.5) is 5.82 Å². The minimum atomic E-state index is -1.48. The molecule has 2 aromatic heterocycles. The highest BCUT2D eigenvalue weighted by atomic mass is 31.2. The SMILES string of the molecule is COc1ccc(C(OC[C@H]2O[C@@H](n3ccc4c(NC(=O)c5ccccc5)ncnc43)C[C@@H]2OP(OC)N(C(C)C)C(C)C)(c2ccccc2)c2ccc(OC)cc2)cc1. The number of aromatic nitrogens is 3. The minimum absolute atomic E-state index is 0.150. The van der Waals surface area contributed by atoms with E-state index < -0.39 is 32.6 Å². The second kappa shape index (κ2) is 18.8. The van der Waals surface area contributed by atoms with Crippen molar-refractivity contribution in [3.8, 4) is 11.5 Å². The quantitative estimate of drug-likeness (QED) is 0.0705. The summed E-state index contributed by atoms with van der Waals surface area (Å²) in [4.78, 5) is 22.2. The average Bonchev–Trinajstić information content (AvgIpc) is 3.89. The van der Waals surface area contributed by atoms with Crippen molar-refractivity contribution < 1.29 is 32.8 Å². The largest absolute Gasteiger partial charge is 0.497 e. The van der Waals surface area contributed by atoms with E-state index in [9.17, 15) is 4.79 Å². The zero-order valence-electron chi connectivity index (χ0n) is 34.5. The maximum absolute atomic E-state index is 13.2.